The monoisotopic (exact) mass is 706 g/mol. The van der Waals surface area contributed by atoms with Crippen molar-refractivity contribution in [1.29, 1.82) is 0 Å². The minimum atomic E-state index is -4.15. The van der Waals surface area contributed by atoms with Gasteiger partial charge in [0, 0.05) is 78.1 Å². The number of ether oxygens (including phenoxy) is 1. The van der Waals surface area contributed by atoms with E-state index in [2.05, 4.69) is 16.8 Å². The number of hydrogen-bond acceptors (Lipinski definition) is 10. The number of nitrogens with zero attached hydrogens (tertiary/aromatic N) is 5. The molecule has 5 rings (SSSR count). The van der Waals surface area contributed by atoms with E-state index in [0.717, 1.165) is 34.7 Å². The third kappa shape index (κ3) is 6.61. The topological polar surface area (TPSA) is 136 Å². The van der Waals surface area contributed by atoms with Crippen molar-refractivity contribution in [1.82, 2.24) is 18.8 Å². The van der Waals surface area contributed by atoms with Gasteiger partial charge in [0.05, 0.1) is 46.6 Å². The number of hydrogen-bond donors (Lipinski definition) is 1. The number of piperazine rings is 1. The molecule has 1 atom stereocenters. The Hall–Kier alpha value is -3.76. The van der Waals surface area contributed by atoms with Crippen LogP contribution in [0.1, 0.15) is 37.4 Å². The Morgan fingerprint density at radius 2 is 1.81 bits per heavy atom. The summed E-state index contributed by atoms with van der Waals surface area (Å²) in [4.78, 5) is 47.3. The Morgan fingerprint density at radius 1 is 1.10 bits per heavy atom. The number of anilines is 2. The standard InChI is InChI=1S/C32H40ClFN6O7S/c1-18-26(39-11-10-38(6)19(15-39)17-46-7)14-24(33)28-20-8-9-40(16-23(20)32(43)47-29(18)28)31(42)21-13-27(36(2)3)22(12-25(21)34)30(41)35-48(44,45)37(4)5/h12-14,19H,8-11,15-17H2,1-7H3,(H,35,41)/t19-/m1/s1. The number of benzene rings is 2. The van der Waals surface area contributed by atoms with Gasteiger partial charge in [0.1, 0.15) is 11.4 Å². The summed E-state index contributed by atoms with van der Waals surface area (Å²) in [6.07, 6.45) is 0.275. The highest BCUT2D eigenvalue weighted by molar-refractivity contribution is 7.87. The van der Waals surface area contributed by atoms with Gasteiger partial charge in [-0.2, -0.15) is 12.7 Å². The summed E-state index contributed by atoms with van der Waals surface area (Å²) < 4.78 is 53.9. The molecule has 260 valence electrons. The molecule has 0 unspecified atom stereocenters. The molecule has 16 heteroatoms. The quantitative estimate of drug-likeness (QED) is 0.348. The third-order valence-electron chi connectivity index (χ3n) is 9.05. The van der Waals surface area contributed by atoms with Crippen LogP contribution in [0.15, 0.2) is 27.4 Å². The van der Waals surface area contributed by atoms with Crippen molar-refractivity contribution in [2.24, 2.45) is 0 Å². The largest absolute Gasteiger partial charge is 0.422 e. The first-order valence-electron chi connectivity index (χ1n) is 15.3. The molecule has 13 nitrogen and oxygen atoms in total. The number of carbonyl (C=O) groups excluding carboxylic acids is 2. The van der Waals surface area contributed by atoms with Crippen LogP contribution < -0.4 is 20.1 Å². The first-order chi connectivity index (χ1) is 22.5. The first kappa shape index (κ1) is 35.5. The molecule has 1 N–H and O–H groups in total. The second-order valence-corrected chi connectivity index (χ2v) is 14.8. The molecule has 2 aromatic carbocycles. The average Bonchev–Trinajstić information content (AvgIpc) is 3.02. The molecule has 1 fully saturated rings. The fourth-order valence-corrected chi connectivity index (χ4v) is 7.08. The lowest BCUT2D eigenvalue weighted by atomic mass is 9.94. The van der Waals surface area contributed by atoms with E-state index in [9.17, 15) is 22.8 Å². The number of rotatable bonds is 8. The van der Waals surface area contributed by atoms with Crippen LogP contribution in [0, 0.1) is 12.7 Å². The van der Waals surface area contributed by atoms with E-state index in [1.165, 1.54) is 30.0 Å². The van der Waals surface area contributed by atoms with E-state index >= 15 is 4.39 Å². The first-order valence-corrected chi connectivity index (χ1v) is 17.1. The van der Waals surface area contributed by atoms with Crippen LogP contribution in [0.4, 0.5) is 15.8 Å². The fraction of sp³-hybridized carbons (Fsp3) is 0.469. The van der Waals surface area contributed by atoms with Crippen molar-refractivity contribution < 1.29 is 31.6 Å². The number of halogens is 2. The Labute approximate surface area is 283 Å². The molecule has 48 heavy (non-hydrogen) atoms. The molecule has 0 aliphatic carbocycles. The molecule has 3 heterocycles. The lowest BCUT2D eigenvalue weighted by molar-refractivity contribution is 0.0727. The van der Waals surface area contributed by atoms with Crippen LogP contribution in [0.5, 0.6) is 0 Å². The lowest BCUT2D eigenvalue weighted by Crippen LogP contribution is -2.53. The number of carbonyl (C=O) groups is 2. The number of amides is 2. The van der Waals surface area contributed by atoms with Crippen molar-refractivity contribution in [2.75, 3.05) is 84.9 Å². The SMILES string of the molecule is COC[C@H]1CN(c2cc(Cl)c3c4c(c(=O)oc3c2C)CN(C(=O)c2cc(N(C)C)c(C(=O)NS(=O)(=O)N(C)C)cc2F)CC4)CCN1C. The zero-order valence-corrected chi connectivity index (χ0v) is 29.6. The van der Waals surface area contributed by atoms with Gasteiger partial charge < -0.3 is 23.9 Å². The highest BCUT2D eigenvalue weighted by Gasteiger charge is 2.32. The van der Waals surface area contributed by atoms with E-state index in [-0.39, 0.29) is 47.9 Å². The van der Waals surface area contributed by atoms with Gasteiger partial charge >= 0.3 is 15.8 Å². The number of nitrogens with one attached hydrogen (secondary N) is 1. The van der Waals surface area contributed by atoms with Gasteiger partial charge in [-0.05, 0) is 44.2 Å². The van der Waals surface area contributed by atoms with Crippen molar-refractivity contribution >= 4 is 56.0 Å². The van der Waals surface area contributed by atoms with Crippen LogP contribution in [-0.4, -0.2) is 116 Å². The predicted molar refractivity (Wildman–Crippen MR) is 182 cm³/mol. The zero-order chi connectivity index (χ0) is 35.2. The normalized spacial score (nSPS) is 17.2. The molecule has 0 saturated carbocycles. The van der Waals surface area contributed by atoms with Gasteiger partial charge in [0.2, 0.25) is 0 Å². The maximum absolute atomic E-state index is 15.5. The molecule has 2 aliphatic rings. The van der Waals surface area contributed by atoms with Crippen LogP contribution in [0.25, 0.3) is 11.0 Å². The summed E-state index contributed by atoms with van der Waals surface area (Å²) in [7, 11) is 5.21. The summed E-state index contributed by atoms with van der Waals surface area (Å²) in [5.41, 5.74) is 1.91. The second kappa shape index (κ2) is 13.6. The predicted octanol–water partition coefficient (Wildman–Crippen LogP) is 2.46. The van der Waals surface area contributed by atoms with Crippen molar-refractivity contribution in [3.05, 3.63) is 67.3 Å². The molecule has 0 spiro atoms. The average molecular weight is 707 g/mol. The molecule has 3 aromatic rings. The van der Waals surface area contributed by atoms with Gasteiger partial charge in [0.25, 0.3) is 11.8 Å². The summed E-state index contributed by atoms with van der Waals surface area (Å²) in [5, 5.41) is 1.05. The third-order valence-corrected chi connectivity index (χ3v) is 10.8. The highest BCUT2D eigenvalue weighted by atomic mass is 35.5. The van der Waals surface area contributed by atoms with E-state index in [0.29, 0.717) is 34.7 Å². The van der Waals surface area contributed by atoms with Gasteiger partial charge in [0.15, 0.2) is 0 Å². The molecular formula is C32H40ClFN6O7S. The van der Waals surface area contributed by atoms with E-state index < -0.39 is 33.5 Å². The van der Waals surface area contributed by atoms with Crippen molar-refractivity contribution in [2.45, 2.75) is 25.9 Å². The molecular weight excluding hydrogens is 667 g/mol. The van der Waals surface area contributed by atoms with E-state index in [4.69, 9.17) is 20.8 Å². The maximum atomic E-state index is 15.5. The van der Waals surface area contributed by atoms with Crippen molar-refractivity contribution in [3.8, 4) is 0 Å². The van der Waals surface area contributed by atoms with E-state index in [1.54, 1.807) is 21.2 Å². The molecule has 2 aliphatic heterocycles. The Balaban J connectivity index is 1.46. The maximum Gasteiger partial charge on any atom is 0.341 e. The molecule has 2 amide bonds. The smallest absolute Gasteiger partial charge is 0.341 e. The zero-order valence-electron chi connectivity index (χ0n) is 28.0. The minimum Gasteiger partial charge on any atom is -0.422 e. The molecule has 0 bridgehead atoms. The molecule has 1 saturated heterocycles. The molecule has 1 aromatic heterocycles. The van der Waals surface area contributed by atoms with Crippen LogP contribution in [0.3, 0.4) is 0 Å². The molecule has 0 radical (unpaired) electrons. The van der Waals surface area contributed by atoms with Crippen LogP contribution in [-0.2, 0) is 27.9 Å². The number of aryl methyl sites for hydroxylation is 1. The lowest BCUT2D eigenvalue weighted by Gasteiger charge is -2.41. The summed E-state index contributed by atoms with van der Waals surface area (Å²) in [6, 6.07) is 4.11. The summed E-state index contributed by atoms with van der Waals surface area (Å²) >= 11 is 6.90. The fourth-order valence-electron chi connectivity index (χ4n) is 6.25. The van der Waals surface area contributed by atoms with Crippen LogP contribution >= 0.6 is 11.6 Å². The number of likely N-dealkylation sites (N-methyl/N-ethyl adjacent to an activating group) is 1. The van der Waals surface area contributed by atoms with Gasteiger partial charge in [-0.25, -0.2) is 13.9 Å². The number of fused-ring (bicyclic) bond motifs is 3. The van der Waals surface area contributed by atoms with Crippen LogP contribution in [0.2, 0.25) is 5.02 Å². The second-order valence-electron chi connectivity index (χ2n) is 12.5. The highest BCUT2D eigenvalue weighted by Crippen LogP contribution is 2.39. The van der Waals surface area contributed by atoms with E-state index in [1.807, 2.05) is 17.7 Å². The Bertz CT molecular complexity index is 1950. The van der Waals surface area contributed by atoms with Gasteiger partial charge in [-0.15, -0.1) is 0 Å². The van der Waals surface area contributed by atoms with Gasteiger partial charge in [-0.1, -0.05) is 11.6 Å². The Kier molecular flexibility index (Phi) is 10.1. The van der Waals surface area contributed by atoms with Gasteiger partial charge in [-0.3, -0.25) is 14.5 Å². The number of methoxy groups -OCH3 is 1. The summed E-state index contributed by atoms with van der Waals surface area (Å²) in [5.74, 6) is -2.77. The Morgan fingerprint density at radius 3 is 2.46 bits per heavy atom. The summed E-state index contributed by atoms with van der Waals surface area (Å²) in [6.45, 7) is 4.80. The van der Waals surface area contributed by atoms with Crippen molar-refractivity contribution in [3.63, 3.8) is 0 Å². The minimum absolute atomic E-state index is 0.126.